The predicted molar refractivity (Wildman–Crippen MR) is 88.6 cm³/mol. The van der Waals surface area contributed by atoms with Crippen LogP contribution < -0.4 is 10.6 Å². The lowest BCUT2D eigenvalue weighted by molar-refractivity contribution is -0.127. The van der Waals surface area contributed by atoms with Gasteiger partial charge in [0.1, 0.15) is 5.82 Å². The Morgan fingerprint density at radius 3 is 2.54 bits per heavy atom. The normalized spacial score (nSPS) is 16.4. The molecule has 3 N–H and O–H groups in total. The fourth-order valence-electron chi connectivity index (χ4n) is 3.03. The molecule has 0 heterocycles. The minimum absolute atomic E-state index is 0.0989. The predicted octanol–water partition coefficient (Wildman–Crippen LogP) is 2.06. The van der Waals surface area contributed by atoms with Crippen molar-refractivity contribution in [3.63, 3.8) is 0 Å². The third-order valence-electron chi connectivity index (χ3n) is 4.40. The van der Waals surface area contributed by atoms with Gasteiger partial charge in [-0.3, -0.25) is 9.59 Å². The van der Waals surface area contributed by atoms with E-state index in [4.69, 9.17) is 0 Å². The highest BCUT2D eigenvalue weighted by Crippen LogP contribution is 2.25. The maximum absolute atomic E-state index is 13.5. The summed E-state index contributed by atoms with van der Waals surface area (Å²) in [6.07, 6.45) is 5.09. The van der Waals surface area contributed by atoms with Crippen LogP contribution in [-0.2, 0) is 9.59 Å². The van der Waals surface area contributed by atoms with Gasteiger partial charge in [0.2, 0.25) is 11.8 Å². The van der Waals surface area contributed by atoms with E-state index in [0.29, 0.717) is 12.3 Å². The molecule has 1 aliphatic carbocycles. The van der Waals surface area contributed by atoms with Crippen LogP contribution in [-0.4, -0.2) is 30.0 Å². The Labute approximate surface area is 141 Å². The molecule has 132 valence electrons. The number of benzene rings is 1. The summed E-state index contributed by atoms with van der Waals surface area (Å²) in [7, 11) is 0. The highest BCUT2D eigenvalue weighted by molar-refractivity contribution is 5.84. The fourth-order valence-corrected chi connectivity index (χ4v) is 3.03. The minimum atomic E-state index is -1.12. The zero-order valence-corrected chi connectivity index (χ0v) is 13.8. The van der Waals surface area contributed by atoms with E-state index in [1.54, 1.807) is 6.07 Å². The molecule has 0 bridgehead atoms. The molecule has 1 aromatic rings. The van der Waals surface area contributed by atoms with Crippen LogP contribution in [0.5, 0.6) is 0 Å². The van der Waals surface area contributed by atoms with Gasteiger partial charge in [0, 0.05) is 18.5 Å². The lowest BCUT2D eigenvalue weighted by atomic mass is 9.87. The average molecular weight is 336 g/mol. The van der Waals surface area contributed by atoms with E-state index in [-0.39, 0.29) is 24.6 Å². The summed E-state index contributed by atoms with van der Waals surface area (Å²) in [4.78, 5) is 23.6. The number of nitrogens with one attached hydrogen (secondary N) is 2. The first-order chi connectivity index (χ1) is 11.6. The first-order valence-corrected chi connectivity index (χ1v) is 8.52. The first kappa shape index (κ1) is 18.4. The molecule has 1 saturated carbocycles. The molecule has 2 rings (SSSR count). The number of hydrogen-bond acceptors (Lipinski definition) is 3. The van der Waals surface area contributed by atoms with Crippen LogP contribution in [0.15, 0.2) is 24.3 Å². The summed E-state index contributed by atoms with van der Waals surface area (Å²) in [6, 6.07) is 5.88. The SMILES string of the molecule is O=C(CNC(=O)CC1CCCCC1)NCC(O)c1ccccc1F. The lowest BCUT2D eigenvalue weighted by Crippen LogP contribution is -2.39. The molecule has 2 amide bonds. The Morgan fingerprint density at radius 1 is 1.12 bits per heavy atom. The van der Waals surface area contributed by atoms with Crippen LogP contribution in [0.1, 0.15) is 50.2 Å². The second kappa shape index (κ2) is 9.37. The van der Waals surface area contributed by atoms with Gasteiger partial charge in [-0.15, -0.1) is 0 Å². The molecule has 0 aliphatic heterocycles. The fraction of sp³-hybridized carbons (Fsp3) is 0.556. The summed E-state index contributed by atoms with van der Waals surface area (Å²) < 4.78 is 13.5. The Bertz CT molecular complexity index is 559. The standard InChI is InChI=1S/C18H25FN2O3/c19-15-9-5-4-8-14(15)16(22)11-20-18(24)12-21-17(23)10-13-6-2-1-3-7-13/h4-5,8-9,13,16,22H,1-3,6-7,10-12H2,(H,20,24)(H,21,23). The number of hydrogen-bond donors (Lipinski definition) is 3. The molecule has 1 aromatic carbocycles. The molecular formula is C18H25FN2O3. The molecule has 1 unspecified atom stereocenters. The second-order valence-electron chi connectivity index (χ2n) is 6.33. The summed E-state index contributed by atoms with van der Waals surface area (Å²) in [5.74, 6) is -0.612. The van der Waals surface area contributed by atoms with E-state index in [0.717, 1.165) is 12.8 Å². The van der Waals surface area contributed by atoms with Crippen molar-refractivity contribution >= 4 is 11.8 Å². The number of aliphatic hydroxyl groups is 1. The third kappa shape index (κ3) is 5.92. The van der Waals surface area contributed by atoms with Gasteiger partial charge in [0.25, 0.3) is 0 Å². The van der Waals surface area contributed by atoms with E-state index < -0.39 is 17.8 Å². The molecule has 0 aromatic heterocycles. The Kier molecular flexibility index (Phi) is 7.18. The quantitative estimate of drug-likeness (QED) is 0.713. The molecule has 0 radical (unpaired) electrons. The third-order valence-corrected chi connectivity index (χ3v) is 4.40. The van der Waals surface area contributed by atoms with Crippen LogP contribution in [0.3, 0.4) is 0 Å². The van der Waals surface area contributed by atoms with Gasteiger partial charge in [-0.05, 0) is 24.8 Å². The van der Waals surface area contributed by atoms with Crippen LogP contribution in [0.25, 0.3) is 0 Å². The lowest BCUT2D eigenvalue weighted by Gasteiger charge is -2.20. The van der Waals surface area contributed by atoms with Crippen LogP contribution in [0.4, 0.5) is 4.39 Å². The van der Waals surface area contributed by atoms with Crippen LogP contribution in [0, 0.1) is 11.7 Å². The zero-order valence-electron chi connectivity index (χ0n) is 13.8. The van der Waals surface area contributed by atoms with Crippen molar-refractivity contribution in [3.05, 3.63) is 35.6 Å². The molecule has 24 heavy (non-hydrogen) atoms. The van der Waals surface area contributed by atoms with Gasteiger partial charge in [0.15, 0.2) is 0 Å². The number of halogens is 1. The molecule has 6 heteroatoms. The summed E-state index contributed by atoms with van der Waals surface area (Å²) >= 11 is 0. The van der Waals surface area contributed by atoms with Gasteiger partial charge in [-0.25, -0.2) is 4.39 Å². The molecular weight excluding hydrogens is 311 g/mol. The van der Waals surface area contributed by atoms with E-state index in [9.17, 15) is 19.1 Å². The van der Waals surface area contributed by atoms with Crippen molar-refractivity contribution in [2.75, 3.05) is 13.1 Å². The first-order valence-electron chi connectivity index (χ1n) is 8.52. The van der Waals surface area contributed by atoms with Gasteiger partial charge in [-0.1, -0.05) is 37.5 Å². The second-order valence-corrected chi connectivity index (χ2v) is 6.33. The number of carbonyl (C=O) groups is 2. The van der Waals surface area contributed by atoms with E-state index in [1.165, 1.54) is 37.5 Å². The maximum Gasteiger partial charge on any atom is 0.239 e. The van der Waals surface area contributed by atoms with Crippen LogP contribution >= 0.6 is 0 Å². The van der Waals surface area contributed by atoms with E-state index in [1.807, 2.05) is 0 Å². The molecule has 5 nitrogen and oxygen atoms in total. The van der Waals surface area contributed by atoms with E-state index in [2.05, 4.69) is 10.6 Å². The molecule has 0 saturated heterocycles. The van der Waals surface area contributed by atoms with Crippen molar-refractivity contribution in [3.8, 4) is 0 Å². The van der Waals surface area contributed by atoms with Crippen molar-refractivity contribution in [2.24, 2.45) is 5.92 Å². The largest absolute Gasteiger partial charge is 0.386 e. The van der Waals surface area contributed by atoms with Crippen LogP contribution in [0.2, 0.25) is 0 Å². The highest BCUT2D eigenvalue weighted by atomic mass is 19.1. The number of aliphatic hydroxyl groups excluding tert-OH is 1. The van der Waals surface area contributed by atoms with Gasteiger partial charge >= 0.3 is 0 Å². The Morgan fingerprint density at radius 2 is 1.83 bits per heavy atom. The number of amides is 2. The highest BCUT2D eigenvalue weighted by Gasteiger charge is 2.18. The average Bonchev–Trinajstić information content (AvgIpc) is 2.59. The minimum Gasteiger partial charge on any atom is -0.386 e. The smallest absolute Gasteiger partial charge is 0.239 e. The summed E-state index contributed by atoms with van der Waals surface area (Å²) in [6.45, 7) is -0.228. The van der Waals surface area contributed by atoms with Gasteiger partial charge < -0.3 is 15.7 Å². The van der Waals surface area contributed by atoms with E-state index >= 15 is 0 Å². The number of carbonyl (C=O) groups excluding carboxylic acids is 2. The van der Waals surface area contributed by atoms with Crippen molar-refractivity contribution in [1.29, 1.82) is 0 Å². The van der Waals surface area contributed by atoms with Crippen molar-refractivity contribution in [2.45, 2.75) is 44.6 Å². The monoisotopic (exact) mass is 336 g/mol. The summed E-state index contributed by atoms with van der Waals surface area (Å²) in [5.41, 5.74) is 0.138. The molecule has 1 fully saturated rings. The Balaban J connectivity index is 1.65. The van der Waals surface area contributed by atoms with Gasteiger partial charge in [0.05, 0.1) is 12.6 Å². The molecule has 1 aliphatic rings. The van der Waals surface area contributed by atoms with Gasteiger partial charge in [-0.2, -0.15) is 0 Å². The molecule has 0 spiro atoms. The Hall–Kier alpha value is -1.95. The molecule has 1 atom stereocenters. The number of rotatable bonds is 7. The zero-order chi connectivity index (χ0) is 17.4. The topological polar surface area (TPSA) is 78.4 Å². The van der Waals surface area contributed by atoms with Crippen molar-refractivity contribution < 1.29 is 19.1 Å². The maximum atomic E-state index is 13.5. The summed E-state index contributed by atoms with van der Waals surface area (Å²) in [5, 5.41) is 15.0. The van der Waals surface area contributed by atoms with Crippen molar-refractivity contribution in [1.82, 2.24) is 10.6 Å².